The third-order valence-electron chi connectivity index (χ3n) is 5.59. The van der Waals surface area contributed by atoms with Crippen LogP contribution in [-0.2, 0) is 11.2 Å². The van der Waals surface area contributed by atoms with Gasteiger partial charge in [0, 0.05) is 17.3 Å². The van der Waals surface area contributed by atoms with E-state index in [1.807, 2.05) is 45.0 Å². The molecule has 1 aliphatic rings. The van der Waals surface area contributed by atoms with E-state index in [0.717, 1.165) is 40.8 Å². The van der Waals surface area contributed by atoms with E-state index in [0.29, 0.717) is 17.0 Å². The summed E-state index contributed by atoms with van der Waals surface area (Å²) < 4.78 is 5.70. The quantitative estimate of drug-likeness (QED) is 0.581. The molecule has 0 bridgehead atoms. The molecule has 166 valence electrons. The van der Waals surface area contributed by atoms with E-state index in [1.54, 1.807) is 19.1 Å². The van der Waals surface area contributed by atoms with Crippen LogP contribution in [0.15, 0.2) is 48.0 Å². The number of nitrogens with zero attached hydrogens (tertiary/aromatic N) is 2. The molecule has 0 saturated heterocycles. The molecule has 2 N–H and O–H groups in total. The predicted octanol–water partition coefficient (Wildman–Crippen LogP) is 4.88. The summed E-state index contributed by atoms with van der Waals surface area (Å²) >= 11 is 0. The second kappa shape index (κ2) is 9.80. The van der Waals surface area contributed by atoms with Crippen molar-refractivity contribution >= 4 is 17.4 Å². The molecule has 2 aromatic rings. The Bertz CT molecular complexity index is 1110. The lowest BCUT2D eigenvalue weighted by atomic mass is 10.00. The van der Waals surface area contributed by atoms with Crippen molar-refractivity contribution in [1.29, 1.82) is 5.26 Å². The van der Waals surface area contributed by atoms with Crippen molar-refractivity contribution in [3.63, 3.8) is 0 Å². The molecule has 32 heavy (non-hydrogen) atoms. The minimum absolute atomic E-state index is 0.000569. The number of carboxylic acid groups (broad SMARTS) is 1. The van der Waals surface area contributed by atoms with E-state index < -0.39 is 12.0 Å². The second-order valence-electron chi connectivity index (χ2n) is 8.32. The van der Waals surface area contributed by atoms with Crippen molar-refractivity contribution in [2.24, 2.45) is 4.99 Å². The van der Waals surface area contributed by atoms with E-state index in [9.17, 15) is 15.2 Å². The highest BCUT2D eigenvalue weighted by Gasteiger charge is 2.27. The van der Waals surface area contributed by atoms with Gasteiger partial charge >= 0.3 is 5.97 Å². The predicted molar refractivity (Wildman–Crippen MR) is 126 cm³/mol. The van der Waals surface area contributed by atoms with Gasteiger partial charge in [-0.3, -0.25) is 15.1 Å². The molecule has 6 heteroatoms. The van der Waals surface area contributed by atoms with Crippen molar-refractivity contribution in [3.05, 3.63) is 70.8 Å². The molecule has 0 amide bonds. The zero-order valence-electron chi connectivity index (χ0n) is 19.0. The molecule has 6 nitrogen and oxygen atoms in total. The van der Waals surface area contributed by atoms with Gasteiger partial charge in [-0.1, -0.05) is 24.8 Å². The van der Waals surface area contributed by atoms with Crippen molar-refractivity contribution in [2.45, 2.75) is 58.7 Å². The first kappa shape index (κ1) is 23.2. The van der Waals surface area contributed by atoms with Crippen LogP contribution in [0.25, 0.3) is 5.70 Å². The maximum atomic E-state index is 11.2. The van der Waals surface area contributed by atoms with Gasteiger partial charge in [-0.25, -0.2) is 0 Å². The minimum atomic E-state index is -0.860. The van der Waals surface area contributed by atoms with Gasteiger partial charge in [-0.15, -0.1) is 0 Å². The Balaban J connectivity index is 1.86. The van der Waals surface area contributed by atoms with Crippen molar-refractivity contribution in [2.75, 3.05) is 0 Å². The smallest absolute Gasteiger partial charge is 0.320 e. The van der Waals surface area contributed by atoms with Crippen LogP contribution in [0.2, 0.25) is 0 Å². The first-order valence-electron chi connectivity index (χ1n) is 10.8. The van der Waals surface area contributed by atoms with Gasteiger partial charge in [-0.05, 0) is 75.4 Å². The Morgan fingerprint density at radius 1 is 1.31 bits per heavy atom. The number of carboxylic acids is 1. The standard InChI is InChI=1S/C26H29N3O3/c1-15(2)32-25-12-9-19(13-20(25)14-27)16(3)28-17(4)21-7-6-8-23-22(21)10-11-24(23)29-18(5)26(30)31/h6-9,12-13,15,18,24,29H,4,10-11H2,1-3,5H3,(H,30,31). The Morgan fingerprint density at radius 2 is 2.06 bits per heavy atom. The van der Waals surface area contributed by atoms with E-state index in [2.05, 4.69) is 18.0 Å². The highest BCUT2D eigenvalue weighted by Crippen LogP contribution is 2.36. The first-order chi connectivity index (χ1) is 15.2. The minimum Gasteiger partial charge on any atom is -0.490 e. The summed E-state index contributed by atoms with van der Waals surface area (Å²) in [6.07, 6.45) is 1.66. The van der Waals surface area contributed by atoms with Gasteiger partial charge in [0.2, 0.25) is 0 Å². The lowest BCUT2D eigenvalue weighted by Gasteiger charge is -2.18. The third-order valence-corrected chi connectivity index (χ3v) is 5.59. The Labute approximate surface area is 189 Å². The summed E-state index contributed by atoms with van der Waals surface area (Å²) in [5.74, 6) is -0.298. The lowest BCUT2D eigenvalue weighted by molar-refractivity contribution is -0.139. The van der Waals surface area contributed by atoms with Crippen LogP contribution < -0.4 is 10.1 Å². The van der Waals surface area contributed by atoms with Gasteiger partial charge in [0.15, 0.2) is 0 Å². The van der Waals surface area contributed by atoms with Crippen LogP contribution in [0, 0.1) is 11.3 Å². The average molecular weight is 432 g/mol. The summed E-state index contributed by atoms with van der Waals surface area (Å²) in [7, 11) is 0. The van der Waals surface area contributed by atoms with E-state index in [-0.39, 0.29) is 12.1 Å². The van der Waals surface area contributed by atoms with Crippen LogP contribution in [0.3, 0.4) is 0 Å². The highest BCUT2D eigenvalue weighted by molar-refractivity contribution is 6.02. The summed E-state index contributed by atoms with van der Waals surface area (Å²) in [4.78, 5) is 16.0. The molecule has 0 radical (unpaired) electrons. The normalized spacial score (nSPS) is 16.4. The van der Waals surface area contributed by atoms with E-state index >= 15 is 0 Å². The lowest BCUT2D eigenvalue weighted by Crippen LogP contribution is -2.35. The summed E-state index contributed by atoms with van der Waals surface area (Å²) in [5, 5.41) is 21.9. The molecule has 0 spiro atoms. The monoisotopic (exact) mass is 431 g/mol. The number of nitriles is 1. The van der Waals surface area contributed by atoms with E-state index in [1.165, 1.54) is 0 Å². The fourth-order valence-electron chi connectivity index (χ4n) is 4.00. The summed E-state index contributed by atoms with van der Waals surface area (Å²) in [6, 6.07) is 13.1. The fourth-order valence-corrected chi connectivity index (χ4v) is 4.00. The molecule has 1 aliphatic carbocycles. The molecule has 2 atom stereocenters. The van der Waals surface area contributed by atoms with Gasteiger partial charge in [0.25, 0.3) is 0 Å². The van der Waals surface area contributed by atoms with Gasteiger partial charge in [-0.2, -0.15) is 5.26 Å². The van der Waals surface area contributed by atoms with Crippen LogP contribution in [-0.4, -0.2) is 28.9 Å². The number of fused-ring (bicyclic) bond motifs is 1. The number of carbonyl (C=O) groups is 1. The number of hydrogen-bond donors (Lipinski definition) is 2. The highest BCUT2D eigenvalue weighted by atomic mass is 16.5. The number of nitrogens with one attached hydrogen (secondary N) is 1. The van der Waals surface area contributed by atoms with Crippen LogP contribution in [0.1, 0.15) is 68.0 Å². The van der Waals surface area contributed by atoms with Crippen LogP contribution in [0.5, 0.6) is 5.75 Å². The molecular formula is C26H29N3O3. The summed E-state index contributed by atoms with van der Waals surface area (Å²) in [5.41, 5.74) is 5.93. The summed E-state index contributed by atoms with van der Waals surface area (Å²) in [6.45, 7) is 11.6. The molecule has 2 aromatic carbocycles. The molecule has 3 rings (SSSR count). The van der Waals surface area contributed by atoms with Gasteiger partial charge < -0.3 is 9.84 Å². The number of ether oxygens (including phenoxy) is 1. The van der Waals surface area contributed by atoms with Gasteiger partial charge in [0.05, 0.1) is 17.4 Å². The number of rotatable bonds is 8. The Morgan fingerprint density at radius 3 is 2.72 bits per heavy atom. The van der Waals surface area contributed by atoms with Gasteiger partial charge in [0.1, 0.15) is 17.9 Å². The number of aliphatic carboxylic acids is 1. The molecular weight excluding hydrogens is 402 g/mol. The topological polar surface area (TPSA) is 94.7 Å². The van der Waals surface area contributed by atoms with Crippen LogP contribution in [0.4, 0.5) is 0 Å². The Hall–Kier alpha value is -3.43. The zero-order chi connectivity index (χ0) is 23.4. The molecule has 0 saturated carbocycles. The SMILES string of the molecule is C=C(N=C(C)c1ccc(OC(C)C)c(C#N)c1)c1cccc2c1CCC2NC(C)C(=O)O. The second-order valence-corrected chi connectivity index (χ2v) is 8.32. The first-order valence-corrected chi connectivity index (χ1v) is 10.8. The zero-order valence-corrected chi connectivity index (χ0v) is 19.0. The maximum Gasteiger partial charge on any atom is 0.320 e. The number of hydrogen-bond acceptors (Lipinski definition) is 5. The molecule has 0 fully saturated rings. The average Bonchev–Trinajstić information content (AvgIpc) is 3.16. The van der Waals surface area contributed by atoms with Crippen LogP contribution >= 0.6 is 0 Å². The number of aliphatic imine (C=N–C) groups is 1. The van der Waals surface area contributed by atoms with E-state index in [4.69, 9.17) is 9.73 Å². The van der Waals surface area contributed by atoms with Crippen molar-refractivity contribution in [3.8, 4) is 11.8 Å². The third kappa shape index (κ3) is 5.06. The van der Waals surface area contributed by atoms with Crippen molar-refractivity contribution < 1.29 is 14.6 Å². The number of benzene rings is 2. The molecule has 0 aliphatic heterocycles. The molecule has 0 aromatic heterocycles. The van der Waals surface area contributed by atoms with Crippen molar-refractivity contribution in [1.82, 2.24) is 5.32 Å². The fraction of sp³-hybridized carbons (Fsp3) is 0.346. The maximum absolute atomic E-state index is 11.2. The molecule has 0 heterocycles. The largest absolute Gasteiger partial charge is 0.490 e. The molecule has 2 unspecified atom stereocenters. The Kier molecular flexibility index (Phi) is 7.12.